The normalized spacial score (nSPS) is 9.41. The number of benzene rings is 1. The molecular formula is C10H7NO6. The number of carbonyl (C=O) groups excluding carboxylic acids is 3. The summed E-state index contributed by atoms with van der Waals surface area (Å²) in [4.78, 5) is 46.2. The first-order valence-corrected chi connectivity index (χ1v) is 4.48. The van der Waals surface area contributed by atoms with Gasteiger partial charge in [-0.1, -0.05) is 30.3 Å². The van der Waals surface area contributed by atoms with Crippen molar-refractivity contribution in [2.24, 2.45) is 0 Å². The predicted octanol–water partition coefficient (Wildman–Crippen LogP) is 0.102. The molecule has 7 nitrogen and oxygen atoms in total. The van der Waals surface area contributed by atoms with Crippen LogP contribution in [0.4, 0.5) is 0 Å². The van der Waals surface area contributed by atoms with Crippen molar-refractivity contribution in [3.05, 3.63) is 46.0 Å². The molecule has 0 spiro atoms. The molecule has 17 heavy (non-hydrogen) atoms. The van der Waals surface area contributed by atoms with E-state index in [4.69, 9.17) is 0 Å². The molecule has 0 fully saturated rings. The van der Waals surface area contributed by atoms with Gasteiger partial charge in [-0.3, -0.25) is 14.4 Å². The molecule has 0 bridgehead atoms. The van der Waals surface area contributed by atoms with Crippen molar-refractivity contribution in [3.8, 4) is 0 Å². The van der Waals surface area contributed by atoms with Crippen molar-refractivity contribution in [1.29, 1.82) is 0 Å². The molecule has 0 aromatic heterocycles. The number of carbonyl (C=O) groups is 3. The summed E-state index contributed by atoms with van der Waals surface area (Å²) >= 11 is 0. The maximum atomic E-state index is 11.3. The number of hydrogen-bond acceptors (Lipinski definition) is 6. The zero-order valence-corrected chi connectivity index (χ0v) is 8.49. The number of rotatable bonds is 5. The van der Waals surface area contributed by atoms with Crippen molar-refractivity contribution in [2.75, 3.05) is 0 Å². The molecule has 1 aromatic carbocycles. The van der Waals surface area contributed by atoms with Gasteiger partial charge in [-0.2, -0.15) is 0 Å². The van der Waals surface area contributed by atoms with Gasteiger partial charge in [-0.05, 0) is 5.56 Å². The molecule has 0 saturated heterocycles. The van der Waals surface area contributed by atoms with Crippen molar-refractivity contribution < 1.29 is 24.3 Å². The van der Waals surface area contributed by atoms with Crippen LogP contribution < -0.4 is 0 Å². The smallest absolute Gasteiger partial charge is 0.290 e. The highest BCUT2D eigenvalue weighted by atomic mass is 17.0. The number of nitrogens with zero attached hydrogens (tertiary/aromatic N) is 1. The minimum absolute atomic E-state index is 0.299. The van der Waals surface area contributed by atoms with E-state index in [1.807, 2.05) is 0 Å². The molecule has 88 valence electrons. The summed E-state index contributed by atoms with van der Waals surface area (Å²) in [7, 11) is 0. The maximum Gasteiger partial charge on any atom is 0.377 e. The van der Waals surface area contributed by atoms with Gasteiger partial charge in [0.25, 0.3) is 5.78 Å². The van der Waals surface area contributed by atoms with Crippen molar-refractivity contribution in [2.45, 2.75) is 6.42 Å². The Morgan fingerprint density at radius 3 is 2.29 bits per heavy atom. The zero-order chi connectivity index (χ0) is 12.8. The highest BCUT2D eigenvalue weighted by molar-refractivity contribution is 6.62. The van der Waals surface area contributed by atoms with E-state index in [9.17, 15) is 24.5 Å². The Labute approximate surface area is 95.1 Å². The molecule has 0 radical (unpaired) electrons. The minimum atomic E-state index is -1.78. The summed E-state index contributed by atoms with van der Waals surface area (Å²) < 4.78 is 0. The average molecular weight is 237 g/mol. The van der Waals surface area contributed by atoms with Crippen molar-refractivity contribution in [1.82, 2.24) is 0 Å². The molecule has 0 aliphatic carbocycles. The van der Waals surface area contributed by atoms with Crippen LogP contribution in [-0.2, 0) is 25.6 Å². The molecule has 0 saturated carbocycles. The Hall–Kier alpha value is -2.57. The second-order valence-electron chi connectivity index (χ2n) is 3.02. The van der Waals surface area contributed by atoms with Gasteiger partial charge in [-0.25, -0.2) is 4.84 Å². The van der Waals surface area contributed by atoms with Crippen LogP contribution in [0.5, 0.6) is 0 Å². The molecule has 1 aromatic rings. The number of Topliss-reactive ketones (excluding diaryl/α,β-unsaturated/α-hetero) is 2. The maximum absolute atomic E-state index is 11.3. The third-order valence-corrected chi connectivity index (χ3v) is 1.80. The van der Waals surface area contributed by atoms with Crippen LogP contribution in [0.3, 0.4) is 0 Å². The van der Waals surface area contributed by atoms with Crippen molar-refractivity contribution in [3.63, 3.8) is 0 Å². The fourth-order valence-corrected chi connectivity index (χ4v) is 1.08. The van der Waals surface area contributed by atoms with E-state index in [-0.39, 0.29) is 6.42 Å². The summed E-state index contributed by atoms with van der Waals surface area (Å²) in [5.74, 6) is -4.37. The van der Waals surface area contributed by atoms with Gasteiger partial charge in [0.05, 0.1) is 0 Å². The molecule has 0 aliphatic heterocycles. The molecule has 0 unspecified atom stereocenters. The quantitative estimate of drug-likeness (QED) is 0.311. The summed E-state index contributed by atoms with van der Waals surface area (Å²) in [5, 5.41) is 8.36. The molecule has 0 N–H and O–H groups in total. The second-order valence-corrected chi connectivity index (χ2v) is 3.02. The Morgan fingerprint density at radius 2 is 1.76 bits per heavy atom. The van der Waals surface area contributed by atoms with Crippen LogP contribution in [-0.4, -0.2) is 22.6 Å². The fourth-order valence-electron chi connectivity index (χ4n) is 1.08. The van der Waals surface area contributed by atoms with E-state index < -0.39 is 22.6 Å². The number of hydrogen-bond donors (Lipinski definition) is 0. The first-order chi connectivity index (χ1) is 8.00. The Kier molecular flexibility index (Phi) is 4.04. The van der Waals surface area contributed by atoms with Crippen LogP contribution in [0.2, 0.25) is 0 Å². The lowest BCUT2D eigenvalue weighted by Crippen LogP contribution is -2.28. The van der Waals surface area contributed by atoms with Gasteiger partial charge < -0.3 is 0 Å². The van der Waals surface area contributed by atoms with Gasteiger partial charge in [0.15, 0.2) is 0 Å². The van der Waals surface area contributed by atoms with Crippen molar-refractivity contribution >= 4 is 17.5 Å². The van der Waals surface area contributed by atoms with E-state index in [1.165, 1.54) is 0 Å². The third-order valence-electron chi connectivity index (χ3n) is 1.80. The molecule has 0 atom stereocenters. The molecule has 0 amide bonds. The van der Waals surface area contributed by atoms with Gasteiger partial charge in [0.2, 0.25) is 5.78 Å². The molecule has 1 rings (SSSR count). The van der Waals surface area contributed by atoms with Gasteiger partial charge in [-0.15, -0.1) is 10.1 Å². The second kappa shape index (κ2) is 5.50. The van der Waals surface area contributed by atoms with E-state index in [0.717, 1.165) is 0 Å². The first-order valence-electron chi connectivity index (χ1n) is 4.48. The first kappa shape index (κ1) is 12.5. The zero-order valence-electron chi connectivity index (χ0n) is 8.49. The van der Waals surface area contributed by atoms with Gasteiger partial charge >= 0.3 is 11.1 Å². The molecule has 0 heterocycles. The summed E-state index contributed by atoms with van der Waals surface area (Å²) in [5.41, 5.74) is 0.528. The average Bonchev–Trinajstić information content (AvgIpc) is 2.28. The summed E-state index contributed by atoms with van der Waals surface area (Å²) in [6, 6.07) is 8.20. The van der Waals surface area contributed by atoms with Crippen LogP contribution >= 0.6 is 0 Å². The lowest BCUT2D eigenvalue weighted by atomic mass is 10.1. The third kappa shape index (κ3) is 3.82. The Balaban J connectivity index is 2.62. The topological polar surface area (TPSA) is 104 Å². The highest BCUT2D eigenvalue weighted by Gasteiger charge is 2.25. The van der Waals surface area contributed by atoms with Crippen LogP contribution in [0, 0.1) is 10.1 Å². The minimum Gasteiger partial charge on any atom is -0.290 e. The predicted molar refractivity (Wildman–Crippen MR) is 53.2 cm³/mol. The standard InChI is InChI=1S/C10H7NO6/c12-8(6-7-4-2-1-3-5-7)9(13)10(14)17-11(15)16/h1-5H,6H2. The SMILES string of the molecule is O=C(Cc1ccccc1)C(=O)C(=O)O[N+](=O)[O-]. The number of ketones is 2. The van der Waals surface area contributed by atoms with Gasteiger partial charge in [0.1, 0.15) is 0 Å². The van der Waals surface area contributed by atoms with E-state index in [2.05, 4.69) is 4.84 Å². The largest absolute Gasteiger partial charge is 0.377 e. The van der Waals surface area contributed by atoms with E-state index in [1.54, 1.807) is 30.3 Å². The fraction of sp³-hybridized carbons (Fsp3) is 0.100. The highest BCUT2D eigenvalue weighted by Crippen LogP contribution is 2.01. The summed E-state index contributed by atoms with van der Waals surface area (Å²) in [6.45, 7) is 0. The van der Waals surface area contributed by atoms with Gasteiger partial charge in [0, 0.05) is 6.42 Å². The van der Waals surface area contributed by atoms with Crippen LogP contribution in [0.1, 0.15) is 5.56 Å². The lowest BCUT2D eigenvalue weighted by Gasteiger charge is -1.98. The van der Waals surface area contributed by atoms with E-state index in [0.29, 0.717) is 5.56 Å². The molecule has 0 aliphatic rings. The molecular weight excluding hydrogens is 230 g/mol. The van der Waals surface area contributed by atoms with Crippen LogP contribution in [0.15, 0.2) is 30.3 Å². The lowest BCUT2D eigenvalue weighted by molar-refractivity contribution is -0.728. The molecule has 7 heteroatoms. The Morgan fingerprint density at radius 1 is 1.18 bits per heavy atom. The summed E-state index contributed by atoms with van der Waals surface area (Å²) in [6.07, 6.45) is -0.299. The van der Waals surface area contributed by atoms with Crippen LogP contribution in [0.25, 0.3) is 0 Å². The van der Waals surface area contributed by atoms with E-state index >= 15 is 0 Å². The monoisotopic (exact) mass is 237 g/mol. The Bertz CT molecular complexity index is 467.